The Bertz CT molecular complexity index is 665. The van der Waals surface area contributed by atoms with Crippen molar-refractivity contribution < 1.29 is 18.7 Å². The van der Waals surface area contributed by atoms with Crippen LogP contribution in [0.2, 0.25) is 0 Å². The van der Waals surface area contributed by atoms with E-state index in [-0.39, 0.29) is 18.6 Å². The van der Waals surface area contributed by atoms with Crippen LogP contribution in [0.4, 0.5) is 5.69 Å². The van der Waals surface area contributed by atoms with E-state index in [1.54, 1.807) is 37.3 Å². The topological polar surface area (TPSA) is 71.8 Å². The van der Waals surface area contributed by atoms with Crippen LogP contribution in [0.15, 0.2) is 47.1 Å². The Morgan fingerprint density at radius 1 is 1.26 bits per heavy atom. The summed E-state index contributed by atoms with van der Waals surface area (Å²) in [4.78, 5) is 25.7. The number of benzene rings is 1. The lowest BCUT2D eigenvalue weighted by Crippen LogP contribution is -2.31. The van der Waals surface area contributed by atoms with Crippen molar-refractivity contribution in [3.05, 3.63) is 54.0 Å². The van der Waals surface area contributed by atoms with Gasteiger partial charge in [0.1, 0.15) is 5.76 Å². The lowest BCUT2D eigenvalue weighted by atomic mass is 10.2. The summed E-state index contributed by atoms with van der Waals surface area (Å²) >= 11 is 0. The molecule has 0 aliphatic heterocycles. The summed E-state index contributed by atoms with van der Waals surface area (Å²) in [6, 6.07) is 10.2. The number of nitrogens with one attached hydrogen (secondary N) is 1. The smallest absolute Gasteiger partial charge is 0.338 e. The highest BCUT2D eigenvalue weighted by atomic mass is 16.5. The van der Waals surface area contributed by atoms with Gasteiger partial charge in [-0.15, -0.1) is 0 Å². The van der Waals surface area contributed by atoms with Crippen LogP contribution in [0.1, 0.15) is 29.1 Å². The predicted molar refractivity (Wildman–Crippen MR) is 86.3 cm³/mol. The Kier molecular flexibility index (Phi) is 5.41. The molecule has 1 amide bonds. The van der Waals surface area contributed by atoms with Crippen LogP contribution in [0.25, 0.3) is 0 Å². The molecule has 1 heterocycles. The molecule has 0 radical (unpaired) electrons. The van der Waals surface area contributed by atoms with Gasteiger partial charge in [0.25, 0.3) is 5.91 Å². The maximum Gasteiger partial charge on any atom is 0.338 e. The Labute approximate surface area is 135 Å². The summed E-state index contributed by atoms with van der Waals surface area (Å²) in [5, 5.41) is 2.70. The van der Waals surface area contributed by atoms with Crippen LogP contribution in [0.3, 0.4) is 0 Å². The summed E-state index contributed by atoms with van der Waals surface area (Å²) in [5.74, 6) is -0.274. The molecule has 1 N–H and O–H groups in total. The number of hydrogen-bond acceptors (Lipinski definition) is 5. The SMILES string of the molecule is C[C@H](NC(=O)COC(=O)c1cccc(N(C)C)c1)c1ccco1. The molecule has 6 nitrogen and oxygen atoms in total. The molecule has 6 heteroatoms. The van der Waals surface area contributed by atoms with Gasteiger partial charge < -0.3 is 19.4 Å². The Morgan fingerprint density at radius 2 is 2.04 bits per heavy atom. The van der Waals surface area contributed by atoms with E-state index in [0.29, 0.717) is 11.3 Å². The maximum atomic E-state index is 12.0. The van der Waals surface area contributed by atoms with Crippen molar-refractivity contribution in [1.82, 2.24) is 5.32 Å². The van der Waals surface area contributed by atoms with Gasteiger partial charge in [0, 0.05) is 19.8 Å². The number of hydrogen-bond donors (Lipinski definition) is 1. The molecule has 0 fully saturated rings. The predicted octanol–water partition coefficient (Wildman–Crippen LogP) is 2.38. The van der Waals surface area contributed by atoms with E-state index in [1.165, 1.54) is 6.26 Å². The minimum absolute atomic E-state index is 0.284. The number of amides is 1. The van der Waals surface area contributed by atoms with E-state index in [0.717, 1.165) is 5.69 Å². The minimum Gasteiger partial charge on any atom is -0.467 e. The van der Waals surface area contributed by atoms with E-state index in [2.05, 4.69) is 5.32 Å². The zero-order chi connectivity index (χ0) is 16.8. The number of carbonyl (C=O) groups is 2. The third kappa shape index (κ3) is 4.60. The summed E-state index contributed by atoms with van der Waals surface area (Å²) in [5.41, 5.74) is 1.29. The second kappa shape index (κ2) is 7.49. The number of carbonyl (C=O) groups excluding carboxylic acids is 2. The lowest BCUT2D eigenvalue weighted by molar-refractivity contribution is -0.125. The first-order chi connectivity index (χ1) is 11.0. The zero-order valence-corrected chi connectivity index (χ0v) is 13.4. The number of rotatable bonds is 6. The fourth-order valence-electron chi connectivity index (χ4n) is 2.02. The fourth-order valence-corrected chi connectivity index (χ4v) is 2.02. The molecular formula is C17H20N2O4. The number of ether oxygens (including phenoxy) is 1. The molecule has 0 saturated carbocycles. The monoisotopic (exact) mass is 316 g/mol. The molecule has 1 aromatic heterocycles. The molecule has 2 rings (SSSR count). The summed E-state index contributed by atoms with van der Waals surface area (Å²) in [6.45, 7) is 1.45. The van der Waals surface area contributed by atoms with E-state index >= 15 is 0 Å². The van der Waals surface area contributed by atoms with Crippen molar-refractivity contribution in [3.8, 4) is 0 Å². The van der Waals surface area contributed by atoms with E-state index in [9.17, 15) is 9.59 Å². The van der Waals surface area contributed by atoms with Gasteiger partial charge in [-0.1, -0.05) is 6.07 Å². The van der Waals surface area contributed by atoms with Crippen molar-refractivity contribution in [2.24, 2.45) is 0 Å². The molecule has 122 valence electrons. The molecule has 1 aromatic carbocycles. The molecule has 0 saturated heterocycles. The summed E-state index contributed by atoms with van der Waals surface area (Å²) in [6.07, 6.45) is 1.54. The third-order valence-electron chi connectivity index (χ3n) is 3.28. The van der Waals surface area contributed by atoms with E-state index in [1.807, 2.05) is 25.1 Å². The van der Waals surface area contributed by atoms with Gasteiger partial charge >= 0.3 is 5.97 Å². The maximum absolute atomic E-state index is 12.0. The molecular weight excluding hydrogens is 296 g/mol. The van der Waals surface area contributed by atoms with Crippen molar-refractivity contribution in [2.45, 2.75) is 13.0 Å². The molecule has 23 heavy (non-hydrogen) atoms. The normalized spacial score (nSPS) is 11.6. The number of nitrogens with zero attached hydrogens (tertiary/aromatic N) is 1. The standard InChI is InChI=1S/C17H20N2O4/c1-12(15-8-5-9-22-15)18-16(20)11-23-17(21)13-6-4-7-14(10-13)19(2)3/h4-10,12H,11H2,1-3H3,(H,18,20)/t12-/m0/s1. The highest BCUT2D eigenvalue weighted by molar-refractivity contribution is 5.92. The quantitative estimate of drug-likeness (QED) is 0.829. The van der Waals surface area contributed by atoms with Crippen LogP contribution in [0, 0.1) is 0 Å². The fraction of sp³-hybridized carbons (Fsp3) is 0.294. The molecule has 0 aliphatic rings. The minimum atomic E-state index is -0.533. The number of furan rings is 1. The average Bonchev–Trinajstić information content (AvgIpc) is 3.07. The van der Waals surface area contributed by atoms with Crippen LogP contribution in [-0.2, 0) is 9.53 Å². The van der Waals surface area contributed by atoms with E-state index < -0.39 is 5.97 Å². The summed E-state index contributed by atoms with van der Waals surface area (Å²) < 4.78 is 10.2. The van der Waals surface area contributed by atoms with Crippen molar-refractivity contribution >= 4 is 17.6 Å². The first kappa shape index (κ1) is 16.6. The van der Waals surface area contributed by atoms with Gasteiger partial charge in [-0.3, -0.25) is 4.79 Å². The number of esters is 1. The molecule has 2 aromatic rings. The number of anilines is 1. The largest absolute Gasteiger partial charge is 0.467 e. The second-order valence-electron chi connectivity index (χ2n) is 5.33. The molecule has 0 bridgehead atoms. The molecule has 0 spiro atoms. The Morgan fingerprint density at radius 3 is 2.70 bits per heavy atom. The highest BCUT2D eigenvalue weighted by Gasteiger charge is 2.14. The lowest BCUT2D eigenvalue weighted by Gasteiger charge is -2.14. The van der Waals surface area contributed by atoms with Crippen LogP contribution in [0.5, 0.6) is 0 Å². The zero-order valence-electron chi connectivity index (χ0n) is 13.4. The average molecular weight is 316 g/mol. The molecule has 0 aliphatic carbocycles. The van der Waals surface area contributed by atoms with Gasteiger partial charge in [0.2, 0.25) is 0 Å². The van der Waals surface area contributed by atoms with Gasteiger partial charge in [0.05, 0.1) is 17.9 Å². The second-order valence-corrected chi connectivity index (χ2v) is 5.33. The van der Waals surface area contributed by atoms with Crippen LogP contribution < -0.4 is 10.2 Å². The van der Waals surface area contributed by atoms with Gasteiger partial charge in [-0.05, 0) is 37.3 Å². The Balaban J connectivity index is 1.86. The third-order valence-corrected chi connectivity index (χ3v) is 3.28. The summed E-state index contributed by atoms with van der Waals surface area (Å²) in [7, 11) is 3.77. The Hall–Kier alpha value is -2.76. The van der Waals surface area contributed by atoms with Gasteiger partial charge in [0.15, 0.2) is 6.61 Å². The first-order valence-corrected chi connectivity index (χ1v) is 7.24. The van der Waals surface area contributed by atoms with Gasteiger partial charge in [-0.25, -0.2) is 4.79 Å². The van der Waals surface area contributed by atoms with Crippen molar-refractivity contribution in [2.75, 3.05) is 25.6 Å². The van der Waals surface area contributed by atoms with Gasteiger partial charge in [-0.2, -0.15) is 0 Å². The first-order valence-electron chi connectivity index (χ1n) is 7.24. The van der Waals surface area contributed by atoms with Crippen LogP contribution >= 0.6 is 0 Å². The van der Waals surface area contributed by atoms with Crippen molar-refractivity contribution in [3.63, 3.8) is 0 Å². The van der Waals surface area contributed by atoms with Crippen molar-refractivity contribution in [1.29, 1.82) is 0 Å². The molecule has 0 unspecified atom stereocenters. The van der Waals surface area contributed by atoms with E-state index in [4.69, 9.17) is 9.15 Å². The highest BCUT2D eigenvalue weighted by Crippen LogP contribution is 2.14. The van der Waals surface area contributed by atoms with Crippen LogP contribution in [-0.4, -0.2) is 32.6 Å². The molecule has 1 atom stereocenters.